The molecule has 1 saturated heterocycles. The van der Waals surface area contributed by atoms with Crippen molar-refractivity contribution < 1.29 is 14.7 Å². The van der Waals surface area contributed by atoms with E-state index in [-0.39, 0.29) is 18.4 Å². The number of amides is 2. The van der Waals surface area contributed by atoms with Gasteiger partial charge in [0, 0.05) is 33.0 Å². The predicted octanol–water partition coefficient (Wildman–Crippen LogP) is 1.83. The summed E-state index contributed by atoms with van der Waals surface area (Å²) in [5.41, 5.74) is 1.81. The van der Waals surface area contributed by atoms with Crippen molar-refractivity contribution in [3.63, 3.8) is 0 Å². The number of piperidine rings is 1. The number of hydrogen-bond acceptors (Lipinski definition) is 3. The highest BCUT2D eigenvalue weighted by atomic mass is 16.3. The van der Waals surface area contributed by atoms with Gasteiger partial charge in [-0.15, -0.1) is 0 Å². The first kappa shape index (κ1) is 17.5. The highest BCUT2D eigenvalue weighted by Gasteiger charge is 2.21. The molecule has 0 radical (unpaired) electrons. The fraction of sp³-hybridized carbons (Fsp3) is 0.556. The number of hydrogen-bond donors (Lipinski definition) is 2. The highest BCUT2D eigenvalue weighted by molar-refractivity contribution is 5.76. The maximum Gasteiger partial charge on any atom is 0.220 e. The molecular weight excluding hydrogens is 292 g/mol. The van der Waals surface area contributed by atoms with Gasteiger partial charge in [-0.1, -0.05) is 24.3 Å². The molecule has 1 fully saturated rings. The summed E-state index contributed by atoms with van der Waals surface area (Å²) in [5, 5.41) is 12.2. The first-order chi connectivity index (χ1) is 11.1. The van der Waals surface area contributed by atoms with E-state index in [1.807, 2.05) is 29.2 Å². The van der Waals surface area contributed by atoms with Crippen LogP contribution in [0.2, 0.25) is 0 Å². The molecule has 0 bridgehead atoms. The summed E-state index contributed by atoms with van der Waals surface area (Å²) in [4.78, 5) is 25.2. The number of likely N-dealkylation sites (tertiary alicyclic amines) is 1. The van der Waals surface area contributed by atoms with E-state index in [1.165, 1.54) is 0 Å². The molecule has 5 nitrogen and oxygen atoms in total. The van der Waals surface area contributed by atoms with Crippen LogP contribution < -0.4 is 5.32 Å². The molecule has 0 saturated carbocycles. The summed E-state index contributed by atoms with van der Waals surface area (Å²) < 4.78 is 0. The summed E-state index contributed by atoms with van der Waals surface area (Å²) in [5.74, 6) is 0.719. The Bertz CT molecular complexity index is 537. The second-order valence-electron chi connectivity index (χ2n) is 6.19. The van der Waals surface area contributed by atoms with Gasteiger partial charge in [0.15, 0.2) is 0 Å². The fourth-order valence-electron chi connectivity index (χ4n) is 3.04. The van der Waals surface area contributed by atoms with Crippen molar-refractivity contribution in [2.24, 2.45) is 5.92 Å². The number of benzene rings is 1. The van der Waals surface area contributed by atoms with Gasteiger partial charge in [-0.05, 0) is 36.3 Å². The number of aliphatic hydroxyl groups excluding tert-OH is 1. The minimum atomic E-state index is -0.0131. The average Bonchev–Trinajstić information content (AvgIpc) is 2.58. The topological polar surface area (TPSA) is 69.6 Å². The van der Waals surface area contributed by atoms with Gasteiger partial charge in [-0.2, -0.15) is 0 Å². The van der Waals surface area contributed by atoms with Gasteiger partial charge in [0.1, 0.15) is 0 Å². The van der Waals surface area contributed by atoms with Crippen molar-refractivity contribution in [2.45, 2.75) is 45.8 Å². The first-order valence-corrected chi connectivity index (χ1v) is 8.30. The number of carbonyl (C=O) groups excluding carboxylic acids is 2. The van der Waals surface area contributed by atoms with Gasteiger partial charge >= 0.3 is 0 Å². The molecule has 1 heterocycles. The van der Waals surface area contributed by atoms with Crippen molar-refractivity contribution >= 4 is 11.8 Å². The molecule has 0 aromatic heterocycles. The molecule has 1 aliphatic rings. The van der Waals surface area contributed by atoms with Crippen LogP contribution in [0, 0.1) is 5.92 Å². The lowest BCUT2D eigenvalue weighted by atomic mass is 9.92. The summed E-state index contributed by atoms with van der Waals surface area (Å²) >= 11 is 0. The minimum absolute atomic E-state index is 0.0131. The maximum absolute atomic E-state index is 12.0. The van der Waals surface area contributed by atoms with E-state index in [0.717, 1.165) is 43.5 Å². The molecule has 23 heavy (non-hydrogen) atoms. The molecule has 2 rings (SSSR count). The molecule has 0 spiro atoms. The van der Waals surface area contributed by atoms with Crippen LogP contribution in [0.15, 0.2) is 24.3 Å². The van der Waals surface area contributed by atoms with Crippen LogP contribution in [-0.2, 0) is 22.7 Å². The number of aliphatic hydroxyl groups is 1. The molecule has 1 aromatic rings. The zero-order valence-corrected chi connectivity index (χ0v) is 13.8. The molecule has 0 aliphatic carbocycles. The maximum atomic E-state index is 12.0. The quantitative estimate of drug-likeness (QED) is 0.841. The third-order valence-electron chi connectivity index (χ3n) is 4.60. The SMILES string of the molecule is CC(=O)N1CCC(CCC(=O)NCc2ccccc2CO)CC1. The first-order valence-electron chi connectivity index (χ1n) is 8.30. The molecule has 5 heteroatoms. The van der Waals surface area contributed by atoms with Gasteiger partial charge in [0.2, 0.25) is 11.8 Å². The van der Waals surface area contributed by atoms with E-state index < -0.39 is 0 Å². The Labute approximate surface area is 137 Å². The Balaban J connectivity index is 1.69. The molecule has 1 aromatic carbocycles. The van der Waals surface area contributed by atoms with E-state index in [4.69, 9.17) is 0 Å². The van der Waals surface area contributed by atoms with Crippen molar-refractivity contribution in [3.8, 4) is 0 Å². The number of nitrogens with zero attached hydrogens (tertiary/aromatic N) is 1. The van der Waals surface area contributed by atoms with Crippen molar-refractivity contribution in [1.82, 2.24) is 10.2 Å². The van der Waals surface area contributed by atoms with Crippen molar-refractivity contribution in [1.29, 1.82) is 0 Å². The van der Waals surface area contributed by atoms with Crippen LogP contribution in [0.1, 0.15) is 43.7 Å². The third kappa shape index (κ3) is 5.36. The Morgan fingerprint density at radius 1 is 1.22 bits per heavy atom. The monoisotopic (exact) mass is 318 g/mol. The number of rotatable bonds is 6. The molecule has 2 N–H and O–H groups in total. The number of carbonyl (C=O) groups is 2. The molecule has 126 valence electrons. The standard InChI is InChI=1S/C18H26N2O3/c1-14(22)20-10-8-15(9-11-20)6-7-18(23)19-12-16-4-2-3-5-17(16)13-21/h2-5,15,21H,6-13H2,1H3,(H,19,23). The van der Waals surface area contributed by atoms with Gasteiger partial charge < -0.3 is 15.3 Å². The lowest BCUT2D eigenvalue weighted by Gasteiger charge is -2.31. The van der Waals surface area contributed by atoms with Crippen molar-refractivity contribution in [2.75, 3.05) is 13.1 Å². The van der Waals surface area contributed by atoms with Crippen LogP contribution in [0.5, 0.6) is 0 Å². The third-order valence-corrected chi connectivity index (χ3v) is 4.60. The van der Waals surface area contributed by atoms with Gasteiger partial charge in [-0.3, -0.25) is 9.59 Å². The van der Waals surface area contributed by atoms with E-state index in [1.54, 1.807) is 6.92 Å². The summed E-state index contributed by atoms with van der Waals surface area (Å²) in [7, 11) is 0. The largest absolute Gasteiger partial charge is 0.392 e. The van der Waals surface area contributed by atoms with Crippen molar-refractivity contribution in [3.05, 3.63) is 35.4 Å². The predicted molar refractivity (Wildman–Crippen MR) is 88.4 cm³/mol. The van der Waals surface area contributed by atoms with E-state index >= 15 is 0 Å². The van der Waals surface area contributed by atoms with Gasteiger partial charge in [-0.25, -0.2) is 0 Å². The Morgan fingerprint density at radius 3 is 2.48 bits per heavy atom. The molecular formula is C18H26N2O3. The average molecular weight is 318 g/mol. The second-order valence-corrected chi connectivity index (χ2v) is 6.19. The summed E-state index contributed by atoms with van der Waals surface area (Å²) in [6, 6.07) is 7.57. The molecule has 0 atom stereocenters. The lowest BCUT2D eigenvalue weighted by molar-refractivity contribution is -0.130. The zero-order chi connectivity index (χ0) is 16.7. The van der Waals surface area contributed by atoms with Crippen LogP contribution in [-0.4, -0.2) is 34.9 Å². The second kappa shape index (κ2) is 8.67. The normalized spacial score (nSPS) is 15.5. The van der Waals surface area contributed by atoms with Crippen LogP contribution in [0.4, 0.5) is 0 Å². The van der Waals surface area contributed by atoms with E-state index in [9.17, 15) is 14.7 Å². The molecule has 2 amide bonds. The lowest BCUT2D eigenvalue weighted by Crippen LogP contribution is -2.37. The molecule has 1 aliphatic heterocycles. The zero-order valence-electron chi connectivity index (χ0n) is 13.8. The highest BCUT2D eigenvalue weighted by Crippen LogP contribution is 2.21. The van der Waals surface area contributed by atoms with Gasteiger partial charge in [0.05, 0.1) is 6.61 Å². The van der Waals surface area contributed by atoms with Crippen LogP contribution >= 0.6 is 0 Å². The van der Waals surface area contributed by atoms with E-state index in [0.29, 0.717) is 18.9 Å². The Morgan fingerprint density at radius 2 is 1.87 bits per heavy atom. The fourth-order valence-corrected chi connectivity index (χ4v) is 3.04. The Kier molecular flexibility index (Phi) is 6.59. The van der Waals surface area contributed by atoms with Crippen LogP contribution in [0.25, 0.3) is 0 Å². The smallest absolute Gasteiger partial charge is 0.220 e. The van der Waals surface area contributed by atoms with E-state index in [2.05, 4.69) is 5.32 Å². The summed E-state index contributed by atoms with van der Waals surface area (Å²) in [6.45, 7) is 3.67. The van der Waals surface area contributed by atoms with Gasteiger partial charge in [0.25, 0.3) is 0 Å². The Hall–Kier alpha value is -1.88. The van der Waals surface area contributed by atoms with Crippen LogP contribution in [0.3, 0.4) is 0 Å². The molecule has 0 unspecified atom stereocenters. The number of nitrogens with one attached hydrogen (secondary N) is 1. The minimum Gasteiger partial charge on any atom is -0.392 e. The summed E-state index contributed by atoms with van der Waals surface area (Å²) in [6.07, 6.45) is 3.37.